The molecule has 1 aromatic carbocycles. The topological polar surface area (TPSA) is 85.8 Å². The second-order valence-corrected chi connectivity index (χ2v) is 3.78. The van der Waals surface area contributed by atoms with Gasteiger partial charge in [0.2, 0.25) is 0 Å². The summed E-state index contributed by atoms with van der Waals surface area (Å²) in [5.74, 6) is -0.231. The van der Waals surface area contributed by atoms with E-state index in [2.05, 4.69) is 15.6 Å². The number of hydrogen-bond acceptors (Lipinski definition) is 4. The fraction of sp³-hybridized carbons (Fsp3) is 0.250. The van der Waals surface area contributed by atoms with Crippen molar-refractivity contribution in [2.45, 2.75) is 6.42 Å². The van der Waals surface area contributed by atoms with Gasteiger partial charge in [-0.25, -0.2) is 4.68 Å². The van der Waals surface area contributed by atoms with Crippen molar-refractivity contribution in [1.82, 2.24) is 20.3 Å². The van der Waals surface area contributed by atoms with Gasteiger partial charge in [0.15, 0.2) is 5.69 Å². The van der Waals surface area contributed by atoms with Crippen LogP contribution in [-0.4, -0.2) is 34.0 Å². The van der Waals surface area contributed by atoms with Crippen molar-refractivity contribution >= 4 is 18.3 Å². The van der Waals surface area contributed by atoms with Crippen LogP contribution in [0.2, 0.25) is 0 Å². The van der Waals surface area contributed by atoms with Crippen molar-refractivity contribution in [2.24, 2.45) is 5.73 Å². The second kappa shape index (κ2) is 7.50. The minimum Gasteiger partial charge on any atom is -0.351 e. The van der Waals surface area contributed by atoms with Crippen LogP contribution < -0.4 is 11.1 Å². The highest BCUT2D eigenvalue weighted by molar-refractivity contribution is 5.91. The summed E-state index contributed by atoms with van der Waals surface area (Å²) in [7, 11) is 0. The first kappa shape index (κ1) is 15.1. The van der Waals surface area contributed by atoms with E-state index in [0.29, 0.717) is 18.8 Å². The summed E-state index contributed by atoms with van der Waals surface area (Å²) < 4.78 is 1.57. The summed E-state index contributed by atoms with van der Waals surface area (Å²) in [6, 6.07) is 9.51. The summed E-state index contributed by atoms with van der Waals surface area (Å²) >= 11 is 0. The lowest BCUT2D eigenvalue weighted by Gasteiger charge is -2.00. The van der Waals surface area contributed by atoms with E-state index in [4.69, 9.17) is 5.73 Å². The van der Waals surface area contributed by atoms with E-state index < -0.39 is 0 Å². The molecule has 3 N–H and O–H groups in total. The maximum atomic E-state index is 11.7. The van der Waals surface area contributed by atoms with Crippen LogP contribution in [0.25, 0.3) is 5.69 Å². The quantitative estimate of drug-likeness (QED) is 0.793. The number of nitrogens with one attached hydrogen (secondary N) is 1. The molecule has 1 heterocycles. The molecule has 0 aliphatic rings. The highest BCUT2D eigenvalue weighted by Crippen LogP contribution is 2.05. The molecule has 1 aromatic heterocycles. The molecule has 1 amide bonds. The third kappa shape index (κ3) is 4.04. The molecular weight excluding hydrogens is 266 g/mol. The van der Waals surface area contributed by atoms with Crippen LogP contribution in [0.15, 0.2) is 36.5 Å². The highest BCUT2D eigenvalue weighted by atomic mass is 35.5. The Bertz CT molecular complexity index is 514. The summed E-state index contributed by atoms with van der Waals surface area (Å²) in [5.41, 5.74) is 6.52. The zero-order chi connectivity index (χ0) is 12.8. The van der Waals surface area contributed by atoms with Crippen molar-refractivity contribution in [1.29, 1.82) is 0 Å². The Morgan fingerprint density at radius 2 is 2.05 bits per heavy atom. The fourth-order valence-corrected chi connectivity index (χ4v) is 1.47. The van der Waals surface area contributed by atoms with Crippen molar-refractivity contribution < 1.29 is 4.79 Å². The molecule has 19 heavy (non-hydrogen) atoms. The standard InChI is InChI=1S/C12H15N5O.ClH/c13-7-4-8-14-12(18)11-9-17(16-15-11)10-5-2-1-3-6-10;/h1-3,5-6,9H,4,7-8,13H2,(H,14,18);1H. The van der Waals surface area contributed by atoms with E-state index in [-0.39, 0.29) is 18.3 Å². The molecule has 0 radical (unpaired) electrons. The Morgan fingerprint density at radius 1 is 1.32 bits per heavy atom. The number of carbonyl (C=O) groups is 1. The minimum absolute atomic E-state index is 0. The molecule has 2 aromatic rings. The van der Waals surface area contributed by atoms with Crippen LogP contribution in [0.3, 0.4) is 0 Å². The largest absolute Gasteiger partial charge is 0.351 e. The molecule has 0 bridgehead atoms. The van der Waals surface area contributed by atoms with Crippen LogP contribution in [0.1, 0.15) is 16.9 Å². The number of benzene rings is 1. The third-order valence-electron chi connectivity index (χ3n) is 2.41. The zero-order valence-electron chi connectivity index (χ0n) is 10.3. The van der Waals surface area contributed by atoms with Crippen LogP contribution in [-0.2, 0) is 0 Å². The molecule has 0 spiro atoms. The molecule has 0 fully saturated rings. The normalized spacial score (nSPS) is 9.74. The number of aromatic nitrogens is 3. The molecule has 0 aliphatic heterocycles. The van der Waals surface area contributed by atoms with E-state index in [1.807, 2.05) is 30.3 Å². The number of nitrogens with two attached hydrogens (primary N) is 1. The molecule has 0 unspecified atom stereocenters. The molecule has 102 valence electrons. The van der Waals surface area contributed by atoms with E-state index in [1.54, 1.807) is 10.9 Å². The predicted molar refractivity (Wildman–Crippen MR) is 74.6 cm³/mol. The highest BCUT2D eigenvalue weighted by Gasteiger charge is 2.10. The molecule has 6 nitrogen and oxygen atoms in total. The molecular formula is C12H16ClN5O. The predicted octanol–water partition coefficient (Wildman–Crippen LogP) is 0.768. The number of nitrogens with zero attached hydrogens (tertiary/aromatic N) is 3. The van der Waals surface area contributed by atoms with Crippen molar-refractivity contribution in [3.63, 3.8) is 0 Å². The van der Waals surface area contributed by atoms with Gasteiger partial charge in [-0.3, -0.25) is 4.79 Å². The monoisotopic (exact) mass is 281 g/mol. The van der Waals surface area contributed by atoms with Gasteiger partial charge in [0.05, 0.1) is 11.9 Å². The lowest BCUT2D eigenvalue weighted by atomic mass is 10.3. The lowest BCUT2D eigenvalue weighted by molar-refractivity contribution is 0.0948. The second-order valence-electron chi connectivity index (χ2n) is 3.78. The van der Waals surface area contributed by atoms with E-state index >= 15 is 0 Å². The van der Waals surface area contributed by atoms with Gasteiger partial charge in [0.25, 0.3) is 5.91 Å². The van der Waals surface area contributed by atoms with Crippen LogP contribution >= 0.6 is 12.4 Å². The zero-order valence-corrected chi connectivity index (χ0v) is 11.1. The van der Waals surface area contributed by atoms with E-state index in [0.717, 1.165) is 12.1 Å². The van der Waals surface area contributed by atoms with Gasteiger partial charge in [0, 0.05) is 6.54 Å². The number of carbonyl (C=O) groups excluding carboxylic acids is 1. The number of halogens is 1. The lowest BCUT2D eigenvalue weighted by Crippen LogP contribution is -2.26. The van der Waals surface area contributed by atoms with Crippen LogP contribution in [0.4, 0.5) is 0 Å². The maximum absolute atomic E-state index is 11.7. The smallest absolute Gasteiger partial charge is 0.273 e. The average Bonchev–Trinajstić information content (AvgIpc) is 2.89. The average molecular weight is 282 g/mol. The molecule has 0 saturated carbocycles. The van der Waals surface area contributed by atoms with Gasteiger partial charge in [-0.2, -0.15) is 0 Å². The molecule has 7 heteroatoms. The first-order valence-corrected chi connectivity index (χ1v) is 5.77. The van der Waals surface area contributed by atoms with Gasteiger partial charge in [-0.15, -0.1) is 17.5 Å². The number of amides is 1. The molecule has 0 aliphatic carbocycles. The van der Waals surface area contributed by atoms with Crippen LogP contribution in [0.5, 0.6) is 0 Å². The van der Waals surface area contributed by atoms with Crippen molar-refractivity contribution in [3.05, 3.63) is 42.2 Å². The Hall–Kier alpha value is -1.92. The first-order chi connectivity index (χ1) is 8.81. The molecule has 0 atom stereocenters. The van der Waals surface area contributed by atoms with E-state index in [1.165, 1.54) is 0 Å². The summed E-state index contributed by atoms with van der Waals surface area (Å²) in [6.07, 6.45) is 2.35. The first-order valence-electron chi connectivity index (χ1n) is 5.77. The summed E-state index contributed by atoms with van der Waals surface area (Å²) in [4.78, 5) is 11.7. The molecule has 0 saturated heterocycles. The van der Waals surface area contributed by atoms with Gasteiger partial charge in [-0.1, -0.05) is 23.4 Å². The van der Waals surface area contributed by atoms with Gasteiger partial charge >= 0.3 is 0 Å². The van der Waals surface area contributed by atoms with E-state index in [9.17, 15) is 4.79 Å². The van der Waals surface area contributed by atoms with Gasteiger partial charge in [-0.05, 0) is 25.1 Å². The van der Waals surface area contributed by atoms with Gasteiger partial charge < -0.3 is 11.1 Å². The minimum atomic E-state index is -0.231. The van der Waals surface area contributed by atoms with Crippen LogP contribution in [0, 0.1) is 0 Å². The van der Waals surface area contributed by atoms with Gasteiger partial charge in [0.1, 0.15) is 0 Å². The van der Waals surface area contributed by atoms with Crippen molar-refractivity contribution in [2.75, 3.05) is 13.1 Å². The number of hydrogen-bond donors (Lipinski definition) is 2. The number of para-hydroxylation sites is 1. The fourth-order valence-electron chi connectivity index (χ4n) is 1.47. The maximum Gasteiger partial charge on any atom is 0.273 e. The molecule has 2 rings (SSSR count). The Kier molecular flexibility index (Phi) is 5.98. The summed E-state index contributed by atoms with van der Waals surface area (Å²) in [6.45, 7) is 1.10. The van der Waals surface area contributed by atoms with Crippen molar-refractivity contribution in [3.8, 4) is 5.69 Å². The SMILES string of the molecule is Cl.NCCCNC(=O)c1cn(-c2ccccc2)nn1. The Balaban J connectivity index is 0.00000180. The summed E-state index contributed by atoms with van der Waals surface area (Å²) in [5, 5.41) is 10.5. The Morgan fingerprint density at radius 3 is 2.74 bits per heavy atom. The Labute approximate surface area is 117 Å². The third-order valence-corrected chi connectivity index (χ3v) is 2.41. The number of rotatable bonds is 5.